The molecule has 1 amide bonds. The first-order valence-electron chi connectivity index (χ1n) is 6.63. The van der Waals surface area contributed by atoms with E-state index >= 15 is 0 Å². The lowest BCUT2D eigenvalue weighted by Gasteiger charge is -2.07. The molecule has 7 heteroatoms. The van der Waals surface area contributed by atoms with Crippen LogP contribution >= 0.6 is 27.5 Å². The van der Waals surface area contributed by atoms with Crippen LogP contribution in [0.15, 0.2) is 52.0 Å². The molecular formula is C16H14BrClN2O3. The lowest BCUT2D eigenvalue weighted by molar-refractivity contribution is -0.123. The molecule has 0 unspecified atom stereocenters. The molecule has 0 fully saturated rings. The summed E-state index contributed by atoms with van der Waals surface area (Å²) in [6.45, 7) is -0.163. The van der Waals surface area contributed by atoms with Gasteiger partial charge in [-0.05, 0) is 46.3 Å². The summed E-state index contributed by atoms with van der Waals surface area (Å²) in [5, 5.41) is 4.46. The second-order valence-corrected chi connectivity index (χ2v) is 5.69. The maximum Gasteiger partial charge on any atom is 0.277 e. The quantitative estimate of drug-likeness (QED) is 0.598. The summed E-state index contributed by atoms with van der Waals surface area (Å²) in [5.41, 5.74) is 3.15. The monoisotopic (exact) mass is 396 g/mol. The summed E-state index contributed by atoms with van der Waals surface area (Å²) in [4.78, 5) is 11.7. The summed E-state index contributed by atoms with van der Waals surface area (Å²) in [6.07, 6.45) is 1.51. The Bertz CT molecular complexity index is 722. The van der Waals surface area contributed by atoms with Crippen LogP contribution in [-0.2, 0) is 4.79 Å². The smallest absolute Gasteiger partial charge is 0.277 e. The van der Waals surface area contributed by atoms with Crippen molar-refractivity contribution in [2.45, 2.75) is 0 Å². The number of carbonyl (C=O) groups is 1. The Balaban J connectivity index is 1.86. The highest BCUT2D eigenvalue weighted by atomic mass is 79.9. The largest absolute Gasteiger partial charge is 0.496 e. The van der Waals surface area contributed by atoms with Crippen molar-refractivity contribution in [3.05, 3.63) is 57.5 Å². The molecule has 0 heterocycles. The second kappa shape index (κ2) is 8.55. The number of para-hydroxylation sites is 1. The Morgan fingerprint density at radius 3 is 2.83 bits per heavy atom. The molecule has 0 saturated heterocycles. The molecule has 0 radical (unpaired) electrons. The van der Waals surface area contributed by atoms with E-state index < -0.39 is 0 Å². The predicted octanol–water partition coefficient (Wildman–Crippen LogP) is 3.64. The van der Waals surface area contributed by atoms with Crippen molar-refractivity contribution >= 4 is 39.7 Å². The molecule has 120 valence electrons. The number of methoxy groups -OCH3 is 1. The van der Waals surface area contributed by atoms with Crippen LogP contribution in [0.4, 0.5) is 0 Å². The average molecular weight is 398 g/mol. The molecule has 0 aliphatic rings. The van der Waals surface area contributed by atoms with Gasteiger partial charge >= 0.3 is 0 Å². The SMILES string of the molecule is COc1ccccc1/C=N/NC(=O)COc1ccc(Cl)cc1Br. The number of hydrogen-bond donors (Lipinski definition) is 1. The molecule has 0 aliphatic heterocycles. The van der Waals surface area contributed by atoms with E-state index in [9.17, 15) is 4.79 Å². The fourth-order valence-corrected chi connectivity index (χ4v) is 2.51. The van der Waals surface area contributed by atoms with E-state index in [4.69, 9.17) is 21.1 Å². The fourth-order valence-electron chi connectivity index (χ4n) is 1.71. The van der Waals surface area contributed by atoms with Gasteiger partial charge in [0.15, 0.2) is 6.61 Å². The molecule has 2 aromatic carbocycles. The van der Waals surface area contributed by atoms with Crippen molar-refractivity contribution in [1.82, 2.24) is 5.43 Å². The summed E-state index contributed by atoms with van der Waals surface area (Å²) in [7, 11) is 1.57. The number of amides is 1. The maximum atomic E-state index is 11.7. The van der Waals surface area contributed by atoms with Crippen LogP contribution in [0.2, 0.25) is 5.02 Å². The number of rotatable bonds is 6. The zero-order valence-corrected chi connectivity index (χ0v) is 14.6. The Morgan fingerprint density at radius 1 is 1.30 bits per heavy atom. The summed E-state index contributed by atoms with van der Waals surface area (Å²) >= 11 is 9.15. The summed E-state index contributed by atoms with van der Waals surface area (Å²) < 4.78 is 11.2. The Morgan fingerprint density at radius 2 is 2.09 bits per heavy atom. The van der Waals surface area contributed by atoms with E-state index in [1.165, 1.54) is 6.21 Å². The van der Waals surface area contributed by atoms with Gasteiger partial charge in [0.1, 0.15) is 11.5 Å². The van der Waals surface area contributed by atoms with E-state index in [0.717, 1.165) is 5.56 Å². The van der Waals surface area contributed by atoms with E-state index in [0.29, 0.717) is 21.0 Å². The highest BCUT2D eigenvalue weighted by Gasteiger charge is 2.05. The van der Waals surface area contributed by atoms with Gasteiger partial charge in [-0.15, -0.1) is 0 Å². The van der Waals surface area contributed by atoms with Gasteiger partial charge in [0.2, 0.25) is 0 Å². The Labute approximate surface area is 147 Å². The molecule has 23 heavy (non-hydrogen) atoms. The summed E-state index contributed by atoms with van der Waals surface area (Å²) in [6, 6.07) is 12.4. The number of halogens is 2. The first kappa shape index (κ1) is 17.3. The predicted molar refractivity (Wildman–Crippen MR) is 93.4 cm³/mol. The van der Waals surface area contributed by atoms with Gasteiger partial charge in [-0.25, -0.2) is 5.43 Å². The zero-order chi connectivity index (χ0) is 16.7. The van der Waals surface area contributed by atoms with E-state index in [1.54, 1.807) is 25.3 Å². The van der Waals surface area contributed by atoms with E-state index in [-0.39, 0.29) is 12.5 Å². The van der Waals surface area contributed by atoms with Crippen LogP contribution < -0.4 is 14.9 Å². The van der Waals surface area contributed by atoms with Gasteiger partial charge in [0.25, 0.3) is 5.91 Å². The molecule has 0 bridgehead atoms. The molecule has 2 aromatic rings. The standard InChI is InChI=1S/C16H14BrClN2O3/c1-22-14-5-3-2-4-11(14)9-19-20-16(21)10-23-15-7-6-12(18)8-13(15)17/h2-9H,10H2,1H3,(H,20,21)/b19-9+. The van der Waals surface area contributed by atoms with Crippen molar-refractivity contribution in [1.29, 1.82) is 0 Å². The van der Waals surface area contributed by atoms with Crippen molar-refractivity contribution in [3.8, 4) is 11.5 Å². The number of nitrogens with zero attached hydrogens (tertiary/aromatic N) is 1. The van der Waals surface area contributed by atoms with Crippen LogP contribution in [-0.4, -0.2) is 25.8 Å². The third-order valence-electron chi connectivity index (χ3n) is 2.78. The van der Waals surface area contributed by atoms with Crippen LogP contribution in [0.3, 0.4) is 0 Å². The molecule has 2 rings (SSSR count). The minimum atomic E-state index is -0.377. The fraction of sp³-hybridized carbons (Fsp3) is 0.125. The van der Waals surface area contributed by atoms with E-state index in [2.05, 4.69) is 26.5 Å². The highest BCUT2D eigenvalue weighted by molar-refractivity contribution is 9.10. The molecule has 0 aliphatic carbocycles. The van der Waals surface area contributed by atoms with Gasteiger partial charge in [0, 0.05) is 10.6 Å². The van der Waals surface area contributed by atoms with Crippen molar-refractivity contribution in [2.75, 3.05) is 13.7 Å². The number of carbonyl (C=O) groups excluding carboxylic acids is 1. The Hall–Kier alpha value is -2.05. The van der Waals surface area contributed by atoms with Gasteiger partial charge < -0.3 is 9.47 Å². The topological polar surface area (TPSA) is 59.9 Å². The number of hydrogen-bond acceptors (Lipinski definition) is 4. The highest BCUT2D eigenvalue weighted by Crippen LogP contribution is 2.27. The van der Waals surface area contributed by atoms with Gasteiger partial charge in [-0.3, -0.25) is 4.79 Å². The van der Waals surface area contributed by atoms with E-state index in [1.807, 2.05) is 24.3 Å². The molecular weight excluding hydrogens is 384 g/mol. The zero-order valence-electron chi connectivity index (χ0n) is 12.3. The number of ether oxygens (including phenoxy) is 2. The average Bonchev–Trinajstić information content (AvgIpc) is 2.54. The molecule has 0 aromatic heterocycles. The van der Waals surface area contributed by atoms with Crippen molar-refractivity contribution in [2.24, 2.45) is 5.10 Å². The first-order chi connectivity index (χ1) is 11.1. The maximum absolute atomic E-state index is 11.7. The van der Waals surface area contributed by atoms with Crippen molar-refractivity contribution in [3.63, 3.8) is 0 Å². The third kappa shape index (κ3) is 5.26. The molecule has 1 N–H and O–H groups in total. The minimum absolute atomic E-state index is 0.163. The molecule has 0 atom stereocenters. The summed E-state index contributed by atoms with van der Waals surface area (Å²) in [5.74, 6) is 0.822. The van der Waals surface area contributed by atoms with Crippen LogP contribution in [0.25, 0.3) is 0 Å². The van der Waals surface area contributed by atoms with Gasteiger partial charge in [0.05, 0.1) is 17.8 Å². The van der Waals surface area contributed by atoms with Crippen molar-refractivity contribution < 1.29 is 14.3 Å². The Kier molecular flexibility index (Phi) is 6.43. The normalized spacial score (nSPS) is 10.6. The van der Waals surface area contributed by atoms with Crippen LogP contribution in [0.1, 0.15) is 5.56 Å². The van der Waals surface area contributed by atoms with Gasteiger partial charge in [-0.2, -0.15) is 5.10 Å². The van der Waals surface area contributed by atoms with Gasteiger partial charge in [-0.1, -0.05) is 23.7 Å². The number of hydrazone groups is 1. The van der Waals surface area contributed by atoms with Crippen LogP contribution in [0, 0.1) is 0 Å². The second-order valence-electron chi connectivity index (χ2n) is 4.40. The number of nitrogens with one attached hydrogen (secondary N) is 1. The third-order valence-corrected chi connectivity index (χ3v) is 3.64. The number of benzene rings is 2. The van der Waals surface area contributed by atoms with Crippen LogP contribution in [0.5, 0.6) is 11.5 Å². The lowest BCUT2D eigenvalue weighted by atomic mass is 10.2. The minimum Gasteiger partial charge on any atom is -0.496 e. The molecule has 5 nitrogen and oxygen atoms in total. The molecule has 0 saturated carbocycles. The first-order valence-corrected chi connectivity index (χ1v) is 7.80. The lowest BCUT2D eigenvalue weighted by Crippen LogP contribution is -2.24. The molecule has 0 spiro atoms.